The third kappa shape index (κ3) is 3.35. The van der Waals surface area contributed by atoms with Crippen molar-refractivity contribution in [3.05, 3.63) is 30.1 Å². The molecule has 0 aromatic carbocycles. The van der Waals surface area contributed by atoms with E-state index in [-0.39, 0.29) is 11.9 Å². The number of aromatic nitrogens is 1. The minimum atomic E-state index is -0.401. The smallest absolute Gasteiger partial charge is 0.229 e. The number of amides is 1. The van der Waals surface area contributed by atoms with Crippen molar-refractivity contribution in [2.24, 2.45) is 5.41 Å². The van der Waals surface area contributed by atoms with Crippen molar-refractivity contribution < 1.29 is 9.53 Å². The lowest BCUT2D eigenvalue weighted by Crippen LogP contribution is -2.50. The minimum absolute atomic E-state index is 0.0193. The summed E-state index contributed by atoms with van der Waals surface area (Å²) in [5, 5.41) is 6.41. The van der Waals surface area contributed by atoms with Crippen molar-refractivity contribution in [3.8, 4) is 0 Å². The van der Waals surface area contributed by atoms with Gasteiger partial charge in [-0.1, -0.05) is 0 Å². The second-order valence-electron chi connectivity index (χ2n) is 5.44. The molecule has 2 heterocycles. The summed E-state index contributed by atoms with van der Waals surface area (Å²) in [6.07, 6.45) is 5.12. The van der Waals surface area contributed by atoms with Crippen LogP contribution in [0.2, 0.25) is 0 Å². The van der Waals surface area contributed by atoms with Crippen LogP contribution in [0.4, 0.5) is 0 Å². The van der Waals surface area contributed by atoms with Crippen LogP contribution >= 0.6 is 0 Å². The fourth-order valence-corrected chi connectivity index (χ4v) is 2.70. The van der Waals surface area contributed by atoms with Crippen molar-refractivity contribution in [1.82, 2.24) is 15.6 Å². The van der Waals surface area contributed by atoms with E-state index in [4.69, 9.17) is 4.74 Å². The van der Waals surface area contributed by atoms with Gasteiger partial charge in [0, 0.05) is 19.5 Å². The number of nitrogens with one attached hydrogen (secondary N) is 2. The van der Waals surface area contributed by atoms with Gasteiger partial charge in [0.2, 0.25) is 5.91 Å². The Morgan fingerprint density at radius 3 is 2.70 bits per heavy atom. The molecule has 1 aromatic heterocycles. The number of rotatable bonds is 5. The first-order valence-corrected chi connectivity index (χ1v) is 7.08. The lowest BCUT2D eigenvalue weighted by atomic mass is 9.78. The van der Waals surface area contributed by atoms with Crippen LogP contribution in [0.25, 0.3) is 0 Å². The fraction of sp³-hybridized carbons (Fsp3) is 0.600. The van der Waals surface area contributed by atoms with Crippen LogP contribution in [-0.2, 0) is 9.53 Å². The monoisotopic (exact) mass is 277 g/mol. The first-order valence-electron chi connectivity index (χ1n) is 7.08. The zero-order chi connectivity index (χ0) is 14.4. The summed E-state index contributed by atoms with van der Waals surface area (Å²) in [6, 6.07) is 3.83. The maximum atomic E-state index is 12.7. The van der Waals surface area contributed by atoms with E-state index < -0.39 is 5.41 Å². The molecule has 0 saturated carbocycles. The quantitative estimate of drug-likeness (QED) is 0.851. The van der Waals surface area contributed by atoms with E-state index in [0.29, 0.717) is 6.61 Å². The van der Waals surface area contributed by atoms with Crippen LogP contribution in [0.1, 0.15) is 31.4 Å². The Bertz CT molecular complexity index is 424. The van der Waals surface area contributed by atoms with E-state index in [2.05, 4.69) is 15.6 Å². The Hall–Kier alpha value is -1.46. The van der Waals surface area contributed by atoms with Gasteiger partial charge in [0.05, 0.1) is 18.1 Å². The maximum absolute atomic E-state index is 12.7. The van der Waals surface area contributed by atoms with E-state index in [1.54, 1.807) is 19.5 Å². The summed E-state index contributed by atoms with van der Waals surface area (Å²) >= 11 is 0. The molecular weight excluding hydrogens is 254 g/mol. The first-order chi connectivity index (χ1) is 9.68. The largest absolute Gasteiger partial charge is 0.384 e. The number of nitrogens with zero attached hydrogens (tertiary/aromatic N) is 1. The topological polar surface area (TPSA) is 63.2 Å². The highest BCUT2D eigenvalue weighted by Crippen LogP contribution is 2.30. The summed E-state index contributed by atoms with van der Waals surface area (Å²) in [5.41, 5.74) is 0.663. The molecule has 20 heavy (non-hydrogen) atoms. The molecular formula is C15H23N3O2. The molecule has 1 aliphatic rings. The van der Waals surface area contributed by atoms with Gasteiger partial charge in [-0.3, -0.25) is 9.78 Å². The highest BCUT2D eigenvalue weighted by molar-refractivity contribution is 5.83. The molecule has 2 N–H and O–H groups in total. The summed E-state index contributed by atoms with van der Waals surface area (Å²) in [4.78, 5) is 16.7. The number of hydrogen-bond acceptors (Lipinski definition) is 4. The average Bonchev–Trinajstić information content (AvgIpc) is 2.49. The number of hydrogen-bond donors (Lipinski definition) is 2. The maximum Gasteiger partial charge on any atom is 0.229 e. The molecule has 0 aliphatic carbocycles. The van der Waals surface area contributed by atoms with Gasteiger partial charge >= 0.3 is 0 Å². The molecule has 0 spiro atoms. The Kier molecular flexibility index (Phi) is 5.09. The molecule has 1 fully saturated rings. The molecule has 2 rings (SSSR count). The Morgan fingerprint density at radius 2 is 2.10 bits per heavy atom. The molecule has 5 nitrogen and oxygen atoms in total. The fourth-order valence-electron chi connectivity index (χ4n) is 2.70. The van der Waals surface area contributed by atoms with Crippen molar-refractivity contribution in [2.75, 3.05) is 26.8 Å². The van der Waals surface area contributed by atoms with E-state index in [1.807, 2.05) is 19.1 Å². The number of carbonyl (C=O) groups excluding carboxylic acids is 1. The van der Waals surface area contributed by atoms with E-state index in [9.17, 15) is 4.79 Å². The van der Waals surface area contributed by atoms with Crippen LogP contribution in [0.5, 0.6) is 0 Å². The van der Waals surface area contributed by atoms with Crippen LogP contribution in [0.3, 0.4) is 0 Å². The SMILES string of the molecule is COCC1(C(=O)N[C@@H](C)c2ccncc2)CCNCC1. The summed E-state index contributed by atoms with van der Waals surface area (Å²) in [5.74, 6) is 0.0881. The van der Waals surface area contributed by atoms with Crippen LogP contribution < -0.4 is 10.6 Å². The van der Waals surface area contributed by atoms with Gasteiger partial charge in [-0.05, 0) is 50.6 Å². The van der Waals surface area contributed by atoms with Gasteiger partial charge in [0.15, 0.2) is 0 Å². The minimum Gasteiger partial charge on any atom is -0.384 e. The zero-order valence-electron chi connectivity index (χ0n) is 12.2. The van der Waals surface area contributed by atoms with Crippen molar-refractivity contribution in [1.29, 1.82) is 0 Å². The molecule has 1 aromatic rings. The van der Waals surface area contributed by atoms with Crippen LogP contribution in [0.15, 0.2) is 24.5 Å². The number of ether oxygens (including phenoxy) is 1. The van der Waals surface area contributed by atoms with Gasteiger partial charge < -0.3 is 15.4 Å². The molecule has 110 valence electrons. The van der Waals surface area contributed by atoms with Gasteiger partial charge in [-0.15, -0.1) is 0 Å². The second-order valence-corrected chi connectivity index (χ2v) is 5.44. The zero-order valence-corrected chi connectivity index (χ0v) is 12.2. The van der Waals surface area contributed by atoms with Crippen molar-refractivity contribution >= 4 is 5.91 Å². The predicted molar refractivity (Wildman–Crippen MR) is 77.2 cm³/mol. The van der Waals surface area contributed by atoms with E-state index in [0.717, 1.165) is 31.5 Å². The highest BCUT2D eigenvalue weighted by atomic mass is 16.5. The summed E-state index contributed by atoms with van der Waals surface area (Å²) < 4.78 is 5.29. The summed E-state index contributed by atoms with van der Waals surface area (Å²) in [6.45, 7) is 4.19. The van der Waals surface area contributed by atoms with Crippen LogP contribution in [-0.4, -0.2) is 37.7 Å². The molecule has 1 amide bonds. The Balaban J connectivity index is 2.05. The molecule has 0 unspecified atom stereocenters. The predicted octanol–water partition coefficient (Wildman–Crippen LogP) is 1.27. The molecule has 1 aliphatic heterocycles. The van der Waals surface area contributed by atoms with E-state index >= 15 is 0 Å². The second kappa shape index (κ2) is 6.81. The van der Waals surface area contributed by atoms with Gasteiger partial charge in [0.25, 0.3) is 0 Å². The van der Waals surface area contributed by atoms with Gasteiger partial charge in [-0.25, -0.2) is 0 Å². The Morgan fingerprint density at radius 1 is 1.45 bits per heavy atom. The van der Waals surface area contributed by atoms with Crippen molar-refractivity contribution in [3.63, 3.8) is 0 Å². The number of carbonyl (C=O) groups is 1. The van der Waals surface area contributed by atoms with Gasteiger partial charge in [0.1, 0.15) is 0 Å². The van der Waals surface area contributed by atoms with Crippen LogP contribution in [0, 0.1) is 5.41 Å². The molecule has 1 saturated heterocycles. The standard InChI is InChI=1S/C15H23N3O2/c1-12(13-3-7-16-8-4-13)18-14(19)15(11-20-2)5-9-17-10-6-15/h3-4,7-8,12,17H,5-6,9-11H2,1-2H3,(H,18,19)/t12-/m0/s1. The molecule has 0 radical (unpaired) electrons. The molecule has 1 atom stereocenters. The lowest BCUT2D eigenvalue weighted by Gasteiger charge is -2.36. The Labute approximate surface area is 120 Å². The highest BCUT2D eigenvalue weighted by Gasteiger charge is 2.40. The van der Waals surface area contributed by atoms with Gasteiger partial charge in [-0.2, -0.15) is 0 Å². The average molecular weight is 277 g/mol. The number of methoxy groups -OCH3 is 1. The third-order valence-corrected chi connectivity index (χ3v) is 4.02. The third-order valence-electron chi connectivity index (χ3n) is 4.02. The first kappa shape index (κ1) is 14.9. The van der Waals surface area contributed by atoms with Crippen molar-refractivity contribution in [2.45, 2.75) is 25.8 Å². The number of piperidine rings is 1. The molecule has 5 heteroatoms. The lowest BCUT2D eigenvalue weighted by molar-refractivity contribution is -0.136. The normalized spacial score (nSPS) is 19.3. The molecule has 0 bridgehead atoms. The summed E-state index contributed by atoms with van der Waals surface area (Å²) in [7, 11) is 1.66. The number of pyridine rings is 1. The van der Waals surface area contributed by atoms with E-state index in [1.165, 1.54) is 0 Å².